The molecule has 0 radical (unpaired) electrons. The molecule has 2 amide bonds. The molecule has 1 rings (SSSR count). The van der Waals surface area contributed by atoms with Crippen LogP contribution in [-0.4, -0.2) is 50.8 Å². The van der Waals surface area contributed by atoms with Crippen molar-refractivity contribution in [2.75, 3.05) is 25.1 Å². The van der Waals surface area contributed by atoms with Crippen molar-refractivity contribution in [2.45, 2.75) is 58.2 Å². The molecule has 9 heteroatoms. The summed E-state index contributed by atoms with van der Waals surface area (Å²) < 4.78 is 31.4. The molecule has 0 aliphatic carbocycles. The zero-order valence-corrected chi connectivity index (χ0v) is 18.9. The highest BCUT2D eigenvalue weighted by molar-refractivity contribution is 7.90. The van der Waals surface area contributed by atoms with Crippen LogP contribution in [0.5, 0.6) is 0 Å². The Bertz CT molecular complexity index is 783. The second-order valence-corrected chi connectivity index (χ2v) is 10.6. The summed E-state index contributed by atoms with van der Waals surface area (Å²) in [7, 11) is -3.30. The summed E-state index contributed by atoms with van der Waals surface area (Å²) in [5, 5.41) is 4.96. The average molecular weight is 428 g/mol. The minimum atomic E-state index is -3.30. The van der Waals surface area contributed by atoms with Crippen LogP contribution in [0.25, 0.3) is 0 Å². The zero-order valence-electron chi connectivity index (χ0n) is 18.0. The second kappa shape index (κ2) is 10.7. The predicted molar refractivity (Wildman–Crippen MR) is 114 cm³/mol. The lowest BCUT2D eigenvalue weighted by atomic mass is 10.0. The first-order chi connectivity index (χ1) is 13.3. The molecule has 1 aromatic carbocycles. The van der Waals surface area contributed by atoms with Gasteiger partial charge in [0.15, 0.2) is 0 Å². The minimum Gasteiger partial charge on any atom is -0.362 e. The first-order valence-electron chi connectivity index (χ1n) is 9.57. The highest BCUT2D eigenvalue weighted by Crippen LogP contribution is 2.18. The molecule has 164 valence electrons. The van der Waals surface area contributed by atoms with E-state index in [9.17, 15) is 18.0 Å². The lowest BCUT2D eigenvalue weighted by Gasteiger charge is -2.20. The number of nitrogens with one attached hydrogen (secondary N) is 3. The molecule has 0 spiro atoms. The van der Waals surface area contributed by atoms with Crippen LogP contribution in [0.15, 0.2) is 24.3 Å². The van der Waals surface area contributed by atoms with Gasteiger partial charge < -0.3 is 15.4 Å². The number of hydrogen-bond donors (Lipinski definition) is 3. The third kappa shape index (κ3) is 9.87. The summed E-state index contributed by atoms with van der Waals surface area (Å²) in [6.07, 6.45) is 0. The Morgan fingerprint density at radius 3 is 2.07 bits per heavy atom. The van der Waals surface area contributed by atoms with E-state index in [1.54, 1.807) is 26.0 Å². The van der Waals surface area contributed by atoms with Crippen LogP contribution in [0, 0.1) is 0 Å². The van der Waals surface area contributed by atoms with Crippen LogP contribution in [0.2, 0.25) is 0 Å². The second-order valence-electron chi connectivity index (χ2n) is 8.30. The van der Waals surface area contributed by atoms with Gasteiger partial charge in [0.2, 0.25) is 21.8 Å². The molecule has 0 aromatic heterocycles. The Labute approximate surface area is 173 Å². The smallest absolute Gasteiger partial charge is 0.250 e. The van der Waals surface area contributed by atoms with E-state index in [4.69, 9.17) is 4.74 Å². The minimum absolute atomic E-state index is 0.0158. The Hall–Kier alpha value is -1.97. The fourth-order valence-electron chi connectivity index (χ4n) is 2.31. The molecule has 29 heavy (non-hydrogen) atoms. The first-order valence-corrected chi connectivity index (χ1v) is 11.1. The Morgan fingerprint density at radius 2 is 1.55 bits per heavy atom. The fraction of sp³-hybridized carbons (Fsp3) is 0.600. The van der Waals surface area contributed by atoms with Crippen LogP contribution < -0.4 is 15.4 Å². The van der Waals surface area contributed by atoms with Crippen LogP contribution >= 0.6 is 0 Å². The molecule has 1 unspecified atom stereocenters. The summed E-state index contributed by atoms with van der Waals surface area (Å²) in [6.45, 7) is 10.7. The summed E-state index contributed by atoms with van der Waals surface area (Å²) in [4.78, 5) is 23.6. The molecular weight excluding hydrogens is 394 g/mol. The molecule has 3 N–H and O–H groups in total. The van der Waals surface area contributed by atoms with Crippen molar-refractivity contribution < 1.29 is 22.7 Å². The van der Waals surface area contributed by atoms with Gasteiger partial charge in [-0.15, -0.1) is 0 Å². The van der Waals surface area contributed by atoms with Crippen molar-refractivity contribution in [1.29, 1.82) is 0 Å². The number of rotatable bonds is 10. The average Bonchev–Trinajstić information content (AvgIpc) is 2.58. The van der Waals surface area contributed by atoms with Crippen molar-refractivity contribution >= 4 is 27.5 Å². The summed E-state index contributed by atoms with van der Waals surface area (Å²) in [5.74, 6) is -0.659. The standard InChI is InChI=1S/C20H33N3O5S/c1-14(2)29(26,27)21-11-15(3)16-7-9-17(10-8-16)22-18(24)12-28-13-19(25)23-20(4,5)6/h7-10,14-15,21H,11-13H2,1-6H3,(H,22,24)(H,23,25). The van der Waals surface area contributed by atoms with Crippen molar-refractivity contribution in [3.63, 3.8) is 0 Å². The molecular formula is C20H33N3O5S. The van der Waals surface area contributed by atoms with E-state index in [0.717, 1.165) is 5.56 Å². The highest BCUT2D eigenvalue weighted by Gasteiger charge is 2.17. The molecule has 0 saturated heterocycles. The molecule has 1 aromatic rings. The zero-order chi connectivity index (χ0) is 22.2. The van der Waals surface area contributed by atoms with Crippen LogP contribution in [0.3, 0.4) is 0 Å². The first kappa shape index (κ1) is 25.1. The number of sulfonamides is 1. The Kier molecular flexibility index (Phi) is 9.25. The van der Waals surface area contributed by atoms with Crippen LogP contribution in [-0.2, 0) is 24.3 Å². The number of ether oxygens (including phenoxy) is 1. The van der Waals surface area contributed by atoms with E-state index < -0.39 is 15.3 Å². The predicted octanol–water partition coefficient (Wildman–Crippen LogP) is 1.99. The molecule has 0 aliphatic rings. The van der Waals surface area contributed by atoms with Gasteiger partial charge in [-0.2, -0.15) is 0 Å². The molecule has 8 nitrogen and oxygen atoms in total. The van der Waals surface area contributed by atoms with E-state index in [-0.39, 0.29) is 36.5 Å². The largest absolute Gasteiger partial charge is 0.362 e. The van der Waals surface area contributed by atoms with Gasteiger partial charge in [0.25, 0.3) is 0 Å². The summed E-state index contributed by atoms with van der Waals surface area (Å²) in [5.41, 5.74) is 1.19. The van der Waals surface area contributed by atoms with Crippen LogP contribution in [0.4, 0.5) is 5.69 Å². The van der Waals surface area contributed by atoms with Crippen molar-refractivity contribution in [3.05, 3.63) is 29.8 Å². The maximum Gasteiger partial charge on any atom is 0.250 e. The lowest BCUT2D eigenvalue weighted by Crippen LogP contribution is -2.42. The fourth-order valence-corrected chi connectivity index (χ4v) is 3.12. The van der Waals surface area contributed by atoms with E-state index in [2.05, 4.69) is 15.4 Å². The number of benzene rings is 1. The monoisotopic (exact) mass is 427 g/mol. The molecule has 0 bridgehead atoms. The van der Waals surface area contributed by atoms with Crippen molar-refractivity contribution in [3.8, 4) is 0 Å². The summed E-state index contributed by atoms with van der Waals surface area (Å²) >= 11 is 0. The number of carbonyl (C=O) groups is 2. The van der Waals surface area contributed by atoms with Gasteiger partial charge in [-0.3, -0.25) is 9.59 Å². The van der Waals surface area contributed by atoms with Gasteiger partial charge >= 0.3 is 0 Å². The normalized spacial score (nSPS) is 13.2. The highest BCUT2D eigenvalue weighted by atomic mass is 32.2. The topological polar surface area (TPSA) is 114 Å². The molecule has 0 heterocycles. The summed E-state index contributed by atoms with van der Waals surface area (Å²) in [6, 6.07) is 7.16. The quantitative estimate of drug-likeness (QED) is 0.528. The van der Waals surface area contributed by atoms with E-state index in [1.807, 2.05) is 39.8 Å². The van der Waals surface area contributed by atoms with Gasteiger partial charge in [0.1, 0.15) is 13.2 Å². The maximum atomic E-state index is 11.9. The third-order valence-corrected chi connectivity index (χ3v) is 5.77. The molecule has 1 atom stereocenters. The van der Waals surface area contributed by atoms with Gasteiger partial charge in [-0.1, -0.05) is 19.1 Å². The van der Waals surface area contributed by atoms with E-state index >= 15 is 0 Å². The van der Waals surface area contributed by atoms with Gasteiger partial charge in [0, 0.05) is 17.8 Å². The Morgan fingerprint density at radius 1 is 1.00 bits per heavy atom. The van der Waals surface area contributed by atoms with E-state index in [0.29, 0.717) is 12.2 Å². The molecule has 0 aliphatic heterocycles. The van der Waals surface area contributed by atoms with Gasteiger partial charge in [-0.05, 0) is 58.2 Å². The number of anilines is 1. The molecule has 0 saturated carbocycles. The SMILES string of the molecule is CC(CNS(=O)(=O)C(C)C)c1ccc(NC(=O)COCC(=O)NC(C)(C)C)cc1. The number of hydrogen-bond acceptors (Lipinski definition) is 5. The molecule has 0 fully saturated rings. The Balaban J connectivity index is 2.45. The number of amides is 2. The van der Waals surface area contributed by atoms with Crippen LogP contribution in [0.1, 0.15) is 53.0 Å². The van der Waals surface area contributed by atoms with E-state index in [1.165, 1.54) is 0 Å². The maximum absolute atomic E-state index is 11.9. The van der Waals surface area contributed by atoms with Crippen molar-refractivity contribution in [1.82, 2.24) is 10.0 Å². The number of carbonyl (C=O) groups excluding carboxylic acids is 2. The lowest BCUT2D eigenvalue weighted by molar-refractivity contribution is -0.129. The van der Waals surface area contributed by atoms with Gasteiger partial charge in [-0.25, -0.2) is 13.1 Å². The van der Waals surface area contributed by atoms with Gasteiger partial charge in [0.05, 0.1) is 5.25 Å². The van der Waals surface area contributed by atoms with Crippen molar-refractivity contribution in [2.24, 2.45) is 0 Å². The third-order valence-electron chi connectivity index (χ3n) is 3.96.